The molecule has 35 heavy (non-hydrogen) atoms. The molecule has 0 N–H and O–H groups in total. The van der Waals surface area contributed by atoms with Gasteiger partial charge in [0, 0.05) is 42.0 Å². The molecule has 0 aliphatic rings. The highest BCUT2D eigenvalue weighted by Crippen LogP contribution is 2.43. The van der Waals surface area contributed by atoms with Crippen molar-refractivity contribution in [2.45, 2.75) is 80.6 Å². The van der Waals surface area contributed by atoms with Gasteiger partial charge < -0.3 is 4.74 Å². The van der Waals surface area contributed by atoms with E-state index in [2.05, 4.69) is 89.6 Å². The molecule has 0 aliphatic carbocycles. The number of aromatic nitrogens is 3. The molecule has 1 unspecified atom stereocenters. The van der Waals surface area contributed by atoms with Gasteiger partial charge in [-0.2, -0.15) is 0 Å². The van der Waals surface area contributed by atoms with Crippen LogP contribution in [-0.4, -0.2) is 21.6 Å². The Morgan fingerprint density at radius 3 is 2.14 bits per heavy atom. The smallest absolute Gasteiger partial charge is 0.213 e. The molecule has 0 bridgehead atoms. The van der Waals surface area contributed by atoms with Gasteiger partial charge >= 0.3 is 0 Å². The van der Waals surface area contributed by atoms with E-state index in [1.807, 2.05) is 36.8 Å². The number of rotatable bonds is 9. The number of hydrogen-bond acceptors (Lipinski definition) is 4. The lowest BCUT2D eigenvalue weighted by Crippen LogP contribution is -2.26. The van der Waals surface area contributed by atoms with Crippen molar-refractivity contribution in [3.8, 4) is 5.88 Å². The Morgan fingerprint density at radius 1 is 0.771 bits per heavy atom. The van der Waals surface area contributed by atoms with E-state index in [-0.39, 0.29) is 22.2 Å². The number of nitrogens with zero attached hydrogens (tertiary/aromatic N) is 3. The summed E-state index contributed by atoms with van der Waals surface area (Å²) in [6.07, 6.45) is 8.54. The first-order chi connectivity index (χ1) is 16.3. The van der Waals surface area contributed by atoms with Gasteiger partial charge in [-0.15, -0.1) is 0 Å². The van der Waals surface area contributed by atoms with Gasteiger partial charge in [0.15, 0.2) is 0 Å². The average Bonchev–Trinajstić information content (AvgIpc) is 2.72. The number of hydrogen-bond donors (Lipinski definition) is 0. The monoisotopic (exact) mass is 473 g/mol. The Morgan fingerprint density at radius 2 is 1.49 bits per heavy atom. The number of pyridine rings is 3. The molecule has 0 fully saturated rings. The molecule has 3 aromatic rings. The standard InChI is InChI=1S/C31H43N3O/c1-29(2,3)20-25-12-9-13-27(34-25)35-18-15-31(7,8)28(24-11-10-16-32-22-24)23-14-17-33-26(19-23)21-30(4,5)6/h9-14,16-17,19,22,28H,15,18,20-21H2,1-8H3. The highest BCUT2D eigenvalue weighted by atomic mass is 16.5. The Bertz CT molecular complexity index is 1080. The van der Waals surface area contributed by atoms with E-state index in [1.165, 1.54) is 11.1 Å². The second-order valence-corrected chi connectivity index (χ2v) is 12.8. The summed E-state index contributed by atoms with van der Waals surface area (Å²) < 4.78 is 6.17. The molecule has 3 heterocycles. The van der Waals surface area contributed by atoms with Crippen LogP contribution in [0.2, 0.25) is 0 Å². The molecule has 0 amide bonds. The molecule has 1 atom stereocenters. The van der Waals surface area contributed by atoms with Crippen LogP contribution < -0.4 is 4.74 Å². The summed E-state index contributed by atoms with van der Waals surface area (Å²) >= 11 is 0. The van der Waals surface area contributed by atoms with Crippen LogP contribution in [0.1, 0.15) is 90.2 Å². The van der Waals surface area contributed by atoms with Crippen molar-refractivity contribution in [1.29, 1.82) is 0 Å². The van der Waals surface area contributed by atoms with Crippen molar-refractivity contribution in [3.63, 3.8) is 0 Å². The fourth-order valence-corrected chi connectivity index (χ4v) is 4.70. The van der Waals surface area contributed by atoms with Crippen LogP contribution in [0.5, 0.6) is 5.88 Å². The molecule has 188 valence electrons. The Labute approximate surface area is 212 Å². The first kappa shape index (κ1) is 26.8. The maximum absolute atomic E-state index is 6.17. The van der Waals surface area contributed by atoms with Crippen molar-refractivity contribution in [3.05, 3.63) is 83.6 Å². The third-order valence-electron chi connectivity index (χ3n) is 6.17. The molecule has 0 radical (unpaired) electrons. The fourth-order valence-electron chi connectivity index (χ4n) is 4.70. The molecule has 0 saturated carbocycles. The van der Waals surface area contributed by atoms with Gasteiger partial charge in [-0.25, -0.2) is 4.98 Å². The first-order valence-corrected chi connectivity index (χ1v) is 12.8. The third kappa shape index (κ3) is 8.45. The lowest BCUT2D eigenvalue weighted by atomic mass is 9.70. The molecule has 4 nitrogen and oxygen atoms in total. The average molecular weight is 474 g/mol. The molecule has 0 saturated heterocycles. The van der Waals surface area contributed by atoms with Crippen molar-refractivity contribution in [2.75, 3.05) is 6.61 Å². The van der Waals surface area contributed by atoms with Crippen molar-refractivity contribution >= 4 is 0 Å². The first-order valence-electron chi connectivity index (χ1n) is 12.8. The molecule has 3 aromatic heterocycles. The summed E-state index contributed by atoms with van der Waals surface area (Å²) in [5.41, 5.74) is 5.03. The molecule has 0 aromatic carbocycles. The normalized spacial score (nSPS) is 13.5. The van der Waals surface area contributed by atoms with Gasteiger partial charge in [0.2, 0.25) is 5.88 Å². The zero-order valence-electron chi connectivity index (χ0n) is 22.9. The SMILES string of the molecule is CC(C)(C)Cc1cc(C(c2cccnc2)C(C)(C)CCOc2cccc(CC(C)(C)C)n2)ccn1. The summed E-state index contributed by atoms with van der Waals surface area (Å²) in [7, 11) is 0. The van der Waals surface area contributed by atoms with Crippen LogP contribution in [0.15, 0.2) is 61.1 Å². The van der Waals surface area contributed by atoms with E-state index in [0.29, 0.717) is 12.5 Å². The van der Waals surface area contributed by atoms with Crippen LogP contribution in [-0.2, 0) is 12.8 Å². The molecular weight excluding hydrogens is 430 g/mol. The zero-order valence-corrected chi connectivity index (χ0v) is 22.9. The fraction of sp³-hybridized carbons (Fsp3) is 0.516. The summed E-state index contributed by atoms with van der Waals surface area (Å²) in [6.45, 7) is 18.7. The van der Waals surface area contributed by atoms with Crippen molar-refractivity contribution < 1.29 is 4.74 Å². The highest BCUT2D eigenvalue weighted by Gasteiger charge is 2.33. The Hall–Kier alpha value is -2.75. The largest absolute Gasteiger partial charge is 0.478 e. The predicted octanol–water partition coefficient (Wildman–Crippen LogP) is 7.68. The van der Waals surface area contributed by atoms with E-state index < -0.39 is 0 Å². The zero-order chi connectivity index (χ0) is 25.7. The van der Waals surface area contributed by atoms with E-state index in [4.69, 9.17) is 9.72 Å². The lowest BCUT2D eigenvalue weighted by Gasteiger charge is -2.35. The maximum atomic E-state index is 6.17. The number of ether oxygens (including phenoxy) is 1. The third-order valence-corrected chi connectivity index (χ3v) is 6.17. The van der Waals surface area contributed by atoms with Crippen LogP contribution in [0.3, 0.4) is 0 Å². The summed E-state index contributed by atoms with van der Waals surface area (Å²) in [4.78, 5) is 13.8. The summed E-state index contributed by atoms with van der Waals surface area (Å²) in [5, 5.41) is 0. The van der Waals surface area contributed by atoms with Crippen LogP contribution >= 0.6 is 0 Å². The second-order valence-electron chi connectivity index (χ2n) is 12.8. The van der Waals surface area contributed by atoms with E-state index in [0.717, 1.165) is 30.7 Å². The van der Waals surface area contributed by atoms with Gasteiger partial charge in [0.05, 0.1) is 6.61 Å². The summed E-state index contributed by atoms with van der Waals surface area (Å²) in [6, 6.07) is 14.7. The quantitative estimate of drug-likeness (QED) is 0.320. The Kier molecular flexibility index (Phi) is 8.35. The van der Waals surface area contributed by atoms with Crippen LogP contribution in [0.4, 0.5) is 0 Å². The van der Waals surface area contributed by atoms with E-state index >= 15 is 0 Å². The van der Waals surface area contributed by atoms with Crippen molar-refractivity contribution in [2.24, 2.45) is 16.2 Å². The molecule has 4 heteroatoms. The minimum Gasteiger partial charge on any atom is -0.478 e. The predicted molar refractivity (Wildman–Crippen MR) is 145 cm³/mol. The van der Waals surface area contributed by atoms with E-state index in [9.17, 15) is 0 Å². The minimum atomic E-state index is -0.0631. The molecule has 3 rings (SSSR count). The minimum absolute atomic E-state index is 0.0631. The van der Waals surface area contributed by atoms with Gasteiger partial charge in [-0.1, -0.05) is 67.5 Å². The van der Waals surface area contributed by atoms with Crippen molar-refractivity contribution in [1.82, 2.24) is 15.0 Å². The second kappa shape index (κ2) is 10.9. The van der Waals surface area contributed by atoms with Crippen LogP contribution in [0.25, 0.3) is 0 Å². The van der Waals surface area contributed by atoms with Gasteiger partial charge in [-0.3, -0.25) is 9.97 Å². The Balaban J connectivity index is 1.80. The lowest BCUT2D eigenvalue weighted by molar-refractivity contribution is 0.204. The van der Waals surface area contributed by atoms with Crippen LogP contribution in [0, 0.1) is 16.2 Å². The highest BCUT2D eigenvalue weighted by molar-refractivity contribution is 5.34. The van der Waals surface area contributed by atoms with E-state index in [1.54, 1.807) is 0 Å². The molecule has 0 aliphatic heterocycles. The molecular formula is C31H43N3O. The molecule has 0 spiro atoms. The van der Waals surface area contributed by atoms with Gasteiger partial charge in [0.1, 0.15) is 0 Å². The topological polar surface area (TPSA) is 47.9 Å². The summed E-state index contributed by atoms with van der Waals surface area (Å²) in [5.74, 6) is 0.888. The van der Waals surface area contributed by atoms with Gasteiger partial charge in [0.25, 0.3) is 0 Å². The van der Waals surface area contributed by atoms with Gasteiger partial charge in [-0.05, 0) is 70.9 Å². The maximum Gasteiger partial charge on any atom is 0.213 e.